The standard InChI is InChI=1S/C15H11NSSe/c16-12-17-15(13-7-3-1-4-8-13)11-18-14-9-5-2-6-10-14/h1-11H. The van der Waals surface area contributed by atoms with Crippen molar-refractivity contribution in [3.63, 3.8) is 0 Å². The van der Waals surface area contributed by atoms with Crippen LogP contribution in [-0.2, 0) is 0 Å². The third-order valence-electron chi connectivity index (χ3n) is 2.26. The van der Waals surface area contributed by atoms with Gasteiger partial charge in [-0.3, -0.25) is 0 Å². The molecule has 0 aliphatic rings. The Morgan fingerprint density at radius 1 is 1.00 bits per heavy atom. The Morgan fingerprint density at radius 3 is 2.22 bits per heavy atom. The van der Waals surface area contributed by atoms with Gasteiger partial charge in [-0.05, 0) is 0 Å². The Labute approximate surface area is 118 Å². The van der Waals surface area contributed by atoms with Crippen LogP contribution in [0.4, 0.5) is 0 Å². The molecule has 0 aromatic heterocycles. The van der Waals surface area contributed by atoms with E-state index in [1.807, 2.05) is 48.5 Å². The molecule has 2 aromatic rings. The second-order valence-electron chi connectivity index (χ2n) is 3.47. The van der Waals surface area contributed by atoms with E-state index < -0.39 is 0 Å². The summed E-state index contributed by atoms with van der Waals surface area (Å²) < 4.78 is 1.32. The van der Waals surface area contributed by atoms with Gasteiger partial charge in [-0.25, -0.2) is 0 Å². The number of benzene rings is 2. The van der Waals surface area contributed by atoms with Crippen LogP contribution in [0.25, 0.3) is 4.91 Å². The molecule has 0 fully saturated rings. The fourth-order valence-corrected chi connectivity index (χ4v) is 3.83. The number of thioether (sulfide) groups is 1. The Kier molecular flexibility index (Phi) is 5.11. The van der Waals surface area contributed by atoms with E-state index in [9.17, 15) is 0 Å². The van der Waals surface area contributed by atoms with Crippen LogP contribution in [0.1, 0.15) is 5.56 Å². The third kappa shape index (κ3) is 3.78. The summed E-state index contributed by atoms with van der Waals surface area (Å²) in [5.74, 6) is 0. The first kappa shape index (κ1) is 13.0. The summed E-state index contributed by atoms with van der Waals surface area (Å²) in [6.07, 6.45) is 0. The SMILES string of the molecule is N#CSC(=C[Se]c1ccccc1)c1ccccc1. The number of thiocyanates is 1. The number of nitrogens with zero attached hydrogens (tertiary/aromatic N) is 1. The molecule has 3 heteroatoms. The van der Waals surface area contributed by atoms with Gasteiger partial charge in [0.25, 0.3) is 0 Å². The van der Waals surface area contributed by atoms with Crippen molar-refractivity contribution in [2.75, 3.05) is 0 Å². The van der Waals surface area contributed by atoms with Crippen LogP contribution in [-0.4, -0.2) is 15.0 Å². The molecule has 1 nitrogen and oxygen atoms in total. The van der Waals surface area contributed by atoms with E-state index in [1.165, 1.54) is 16.2 Å². The number of rotatable bonds is 4. The molecule has 2 rings (SSSR count). The zero-order valence-electron chi connectivity index (χ0n) is 9.61. The Morgan fingerprint density at radius 2 is 1.61 bits per heavy atom. The Bertz CT molecular complexity index is 558. The summed E-state index contributed by atoms with van der Waals surface area (Å²) in [6.45, 7) is 0. The molecule has 0 atom stereocenters. The summed E-state index contributed by atoms with van der Waals surface area (Å²) in [6, 6.07) is 20.4. The van der Waals surface area contributed by atoms with Gasteiger partial charge >= 0.3 is 118 Å². The molecule has 0 saturated carbocycles. The van der Waals surface area contributed by atoms with Crippen LogP contribution in [0.2, 0.25) is 0 Å². The molecule has 0 aliphatic heterocycles. The molecule has 0 heterocycles. The molecule has 0 bridgehead atoms. The average Bonchev–Trinajstić information content (AvgIpc) is 2.45. The van der Waals surface area contributed by atoms with E-state index >= 15 is 0 Å². The molecular weight excluding hydrogens is 305 g/mol. The van der Waals surface area contributed by atoms with E-state index in [0.29, 0.717) is 0 Å². The molecule has 0 aliphatic carbocycles. The van der Waals surface area contributed by atoms with Crippen molar-refractivity contribution >= 4 is 36.1 Å². The monoisotopic (exact) mass is 317 g/mol. The van der Waals surface area contributed by atoms with Crippen molar-refractivity contribution in [1.29, 1.82) is 5.26 Å². The van der Waals surface area contributed by atoms with E-state index in [2.05, 4.69) is 22.5 Å². The first-order valence-electron chi connectivity index (χ1n) is 5.43. The zero-order chi connectivity index (χ0) is 12.6. The quantitative estimate of drug-likeness (QED) is 0.639. The van der Waals surface area contributed by atoms with Crippen molar-refractivity contribution in [2.24, 2.45) is 0 Å². The van der Waals surface area contributed by atoms with Gasteiger partial charge in [-0.2, -0.15) is 0 Å². The fourth-order valence-electron chi connectivity index (χ4n) is 1.42. The van der Waals surface area contributed by atoms with Crippen LogP contribution >= 0.6 is 11.8 Å². The fraction of sp³-hybridized carbons (Fsp3) is 0. The average molecular weight is 316 g/mol. The molecular formula is C15H11NSSe. The second kappa shape index (κ2) is 7.08. The van der Waals surface area contributed by atoms with Gasteiger partial charge in [0.1, 0.15) is 0 Å². The van der Waals surface area contributed by atoms with Crippen LogP contribution in [0, 0.1) is 10.7 Å². The first-order chi connectivity index (χ1) is 8.90. The number of hydrogen-bond acceptors (Lipinski definition) is 2. The summed E-state index contributed by atoms with van der Waals surface area (Å²) in [5.41, 5.74) is 1.11. The van der Waals surface area contributed by atoms with E-state index in [1.54, 1.807) is 0 Å². The van der Waals surface area contributed by atoms with Gasteiger partial charge in [0.2, 0.25) is 0 Å². The molecule has 0 unspecified atom stereocenters. The van der Waals surface area contributed by atoms with E-state index in [0.717, 1.165) is 10.5 Å². The van der Waals surface area contributed by atoms with Crippen LogP contribution in [0.3, 0.4) is 0 Å². The molecule has 88 valence electrons. The predicted octanol–water partition coefficient (Wildman–Crippen LogP) is 3.23. The van der Waals surface area contributed by atoms with Crippen molar-refractivity contribution in [1.82, 2.24) is 0 Å². The molecule has 2 aromatic carbocycles. The molecule has 0 spiro atoms. The number of hydrogen-bond donors (Lipinski definition) is 0. The number of nitriles is 1. The predicted molar refractivity (Wildman–Crippen MR) is 79.5 cm³/mol. The van der Waals surface area contributed by atoms with Gasteiger partial charge in [0, 0.05) is 0 Å². The maximum absolute atomic E-state index is 8.87. The molecule has 18 heavy (non-hydrogen) atoms. The minimum absolute atomic E-state index is 0.260. The Balaban J connectivity index is 2.19. The van der Waals surface area contributed by atoms with Crippen molar-refractivity contribution in [3.05, 3.63) is 71.2 Å². The van der Waals surface area contributed by atoms with Gasteiger partial charge in [0.15, 0.2) is 0 Å². The van der Waals surface area contributed by atoms with E-state index in [-0.39, 0.29) is 15.0 Å². The summed E-state index contributed by atoms with van der Waals surface area (Å²) in [5, 5.41) is 11.0. The van der Waals surface area contributed by atoms with Gasteiger partial charge in [-0.1, -0.05) is 0 Å². The van der Waals surface area contributed by atoms with Gasteiger partial charge in [0.05, 0.1) is 0 Å². The van der Waals surface area contributed by atoms with Crippen molar-refractivity contribution in [3.8, 4) is 5.40 Å². The topological polar surface area (TPSA) is 23.8 Å². The van der Waals surface area contributed by atoms with Gasteiger partial charge < -0.3 is 0 Å². The third-order valence-corrected chi connectivity index (χ3v) is 5.14. The molecule has 0 radical (unpaired) electrons. The van der Waals surface area contributed by atoms with Gasteiger partial charge in [-0.15, -0.1) is 0 Å². The molecule has 0 amide bonds. The summed E-state index contributed by atoms with van der Waals surface area (Å²) >= 11 is 1.49. The Hall–Kier alpha value is -1.46. The zero-order valence-corrected chi connectivity index (χ0v) is 12.1. The summed E-state index contributed by atoms with van der Waals surface area (Å²) in [4.78, 5) is 3.22. The van der Waals surface area contributed by atoms with Crippen LogP contribution in [0.15, 0.2) is 65.6 Å². The molecule has 0 N–H and O–H groups in total. The maximum atomic E-state index is 8.87. The second-order valence-corrected chi connectivity index (χ2v) is 6.28. The summed E-state index contributed by atoms with van der Waals surface area (Å²) in [7, 11) is 0. The van der Waals surface area contributed by atoms with Crippen molar-refractivity contribution in [2.45, 2.75) is 0 Å². The van der Waals surface area contributed by atoms with E-state index in [4.69, 9.17) is 5.26 Å². The normalized spacial score (nSPS) is 10.9. The van der Waals surface area contributed by atoms with Crippen molar-refractivity contribution < 1.29 is 0 Å². The minimum atomic E-state index is 0.260. The van der Waals surface area contributed by atoms with Crippen LogP contribution in [0.5, 0.6) is 0 Å². The molecule has 0 saturated heterocycles. The first-order valence-corrected chi connectivity index (χ1v) is 8.09. The van der Waals surface area contributed by atoms with Crippen LogP contribution < -0.4 is 4.46 Å².